The van der Waals surface area contributed by atoms with Gasteiger partial charge in [0.1, 0.15) is 10.6 Å². The van der Waals surface area contributed by atoms with Crippen LogP contribution in [-0.2, 0) is 10.0 Å². The fourth-order valence-electron chi connectivity index (χ4n) is 2.84. The molecule has 1 aromatic rings. The third kappa shape index (κ3) is 3.24. The van der Waals surface area contributed by atoms with Crippen LogP contribution in [0.5, 0.6) is 5.75 Å². The second kappa shape index (κ2) is 6.36. The predicted octanol–water partition coefficient (Wildman–Crippen LogP) is 3.30. The number of nitrogens with zero attached hydrogens (tertiary/aromatic N) is 1. The van der Waals surface area contributed by atoms with Gasteiger partial charge in [0.25, 0.3) is 0 Å². The molecule has 0 bridgehead atoms. The third-order valence-electron chi connectivity index (χ3n) is 3.94. The van der Waals surface area contributed by atoms with E-state index in [2.05, 4.69) is 13.8 Å². The summed E-state index contributed by atoms with van der Waals surface area (Å²) >= 11 is 0. The van der Waals surface area contributed by atoms with Gasteiger partial charge in [0.15, 0.2) is 0 Å². The van der Waals surface area contributed by atoms with Crippen molar-refractivity contribution in [1.82, 2.24) is 4.31 Å². The molecule has 1 fully saturated rings. The normalized spacial score (nSPS) is 16.6. The minimum Gasteiger partial charge on any atom is -0.492 e. The van der Waals surface area contributed by atoms with E-state index in [1.165, 1.54) is 0 Å². The van der Waals surface area contributed by atoms with Crippen molar-refractivity contribution in [1.29, 1.82) is 0 Å². The fourth-order valence-corrected chi connectivity index (χ4v) is 4.50. The molecule has 1 aromatic carbocycles. The quantitative estimate of drug-likeness (QED) is 0.838. The van der Waals surface area contributed by atoms with Crippen LogP contribution < -0.4 is 4.74 Å². The van der Waals surface area contributed by atoms with Gasteiger partial charge in [0.05, 0.1) is 6.61 Å². The van der Waals surface area contributed by atoms with Crippen molar-refractivity contribution in [2.45, 2.75) is 51.3 Å². The van der Waals surface area contributed by atoms with Gasteiger partial charge in [0.2, 0.25) is 10.0 Å². The molecule has 1 aliphatic heterocycles. The highest BCUT2D eigenvalue weighted by Gasteiger charge is 2.30. The standard InChI is InChI=1S/C16H25NO3S/c1-5-20-15-10-13(4)14(12(2)3)11-16(15)21(18,19)17-8-6-7-9-17/h10-12H,5-9H2,1-4H3. The lowest BCUT2D eigenvalue weighted by Crippen LogP contribution is -2.28. The van der Waals surface area contributed by atoms with Crippen LogP contribution in [0.15, 0.2) is 17.0 Å². The van der Waals surface area contributed by atoms with Crippen LogP contribution in [0.1, 0.15) is 50.7 Å². The molecule has 118 valence electrons. The molecule has 2 rings (SSSR count). The van der Waals surface area contributed by atoms with Crippen molar-refractivity contribution in [3.05, 3.63) is 23.3 Å². The Balaban J connectivity index is 2.56. The van der Waals surface area contributed by atoms with Crippen LogP contribution in [0.25, 0.3) is 0 Å². The van der Waals surface area contributed by atoms with Gasteiger partial charge < -0.3 is 4.74 Å². The average Bonchev–Trinajstić information content (AvgIpc) is 2.93. The summed E-state index contributed by atoms with van der Waals surface area (Å²) < 4.78 is 32.9. The highest BCUT2D eigenvalue weighted by molar-refractivity contribution is 7.89. The van der Waals surface area contributed by atoms with E-state index < -0.39 is 10.0 Å². The highest BCUT2D eigenvalue weighted by atomic mass is 32.2. The second-order valence-electron chi connectivity index (χ2n) is 5.85. The van der Waals surface area contributed by atoms with Gasteiger partial charge in [-0.2, -0.15) is 4.31 Å². The van der Waals surface area contributed by atoms with Gasteiger partial charge in [-0.25, -0.2) is 8.42 Å². The first kappa shape index (κ1) is 16.3. The molecule has 4 nitrogen and oxygen atoms in total. The summed E-state index contributed by atoms with van der Waals surface area (Å²) in [7, 11) is -3.46. The summed E-state index contributed by atoms with van der Waals surface area (Å²) in [5.74, 6) is 0.763. The van der Waals surface area contributed by atoms with Gasteiger partial charge >= 0.3 is 0 Å². The smallest absolute Gasteiger partial charge is 0.246 e. The lowest BCUT2D eigenvalue weighted by molar-refractivity contribution is 0.329. The molecular weight excluding hydrogens is 286 g/mol. The molecule has 0 spiro atoms. The molecule has 1 heterocycles. The predicted molar refractivity (Wildman–Crippen MR) is 84.4 cm³/mol. The van der Waals surface area contributed by atoms with Gasteiger partial charge in [0, 0.05) is 13.1 Å². The first-order valence-electron chi connectivity index (χ1n) is 7.65. The van der Waals surface area contributed by atoms with Crippen LogP contribution in [0.4, 0.5) is 0 Å². The minimum atomic E-state index is -3.46. The zero-order valence-electron chi connectivity index (χ0n) is 13.3. The largest absolute Gasteiger partial charge is 0.492 e. The van der Waals surface area contributed by atoms with E-state index in [0.29, 0.717) is 30.3 Å². The number of ether oxygens (including phenoxy) is 1. The molecule has 5 heteroatoms. The number of hydrogen-bond donors (Lipinski definition) is 0. The second-order valence-corrected chi connectivity index (χ2v) is 7.76. The lowest BCUT2D eigenvalue weighted by atomic mass is 9.98. The first-order valence-corrected chi connectivity index (χ1v) is 9.09. The lowest BCUT2D eigenvalue weighted by Gasteiger charge is -2.21. The molecule has 21 heavy (non-hydrogen) atoms. The summed E-state index contributed by atoms with van der Waals surface area (Å²) in [5.41, 5.74) is 2.14. The van der Waals surface area contributed by atoms with E-state index in [4.69, 9.17) is 4.74 Å². The van der Waals surface area contributed by atoms with E-state index >= 15 is 0 Å². The summed E-state index contributed by atoms with van der Waals surface area (Å²) in [6.45, 7) is 9.71. The van der Waals surface area contributed by atoms with Crippen molar-refractivity contribution in [3.63, 3.8) is 0 Å². The molecule has 1 aliphatic rings. The van der Waals surface area contributed by atoms with Crippen LogP contribution in [0.2, 0.25) is 0 Å². The molecule has 0 unspecified atom stereocenters. The summed E-state index contributed by atoms with van der Waals surface area (Å²) in [6.07, 6.45) is 1.87. The van der Waals surface area contributed by atoms with Gasteiger partial charge in [-0.05, 0) is 55.9 Å². The van der Waals surface area contributed by atoms with E-state index in [0.717, 1.165) is 24.0 Å². The average molecular weight is 311 g/mol. The molecule has 1 saturated heterocycles. The molecule has 0 saturated carbocycles. The molecule has 0 atom stereocenters. The summed E-state index contributed by atoms with van der Waals surface area (Å²) in [5, 5.41) is 0. The van der Waals surface area contributed by atoms with Crippen molar-refractivity contribution in [2.24, 2.45) is 0 Å². The molecule has 0 N–H and O–H groups in total. The van der Waals surface area contributed by atoms with Crippen LogP contribution in [0.3, 0.4) is 0 Å². The molecule has 0 amide bonds. The van der Waals surface area contributed by atoms with Crippen LogP contribution >= 0.6 is 0 Å². The van der Waals surface area contributed by atoms with Crippen molar-refractivity contribution in [2.75, 3.05) is 19.7 Å². The van der Waals surface area contributed by atoms with E-state index in [1.54, 1.807) is 10.4 Å². The van der Waals surface area contributed by atoms with Crippen LogP contribution in [-0.4, -0.2) is 32.4 Å². The SMILES string of the molecule is CCOc1cc(C)c(C(C)C)cc1S(=O)(=O)N1CCCC1. The molecule has 0 aromatic heterocycles. The number of rotatable bonds is 5. The molecule has 0 aliphatic carbocycles. The summed E-state index contributed by atoms with van der Waals surface area (Å²) in [4.78, 5) is 0.320. The first-order chi connectivity index (χ1) is 9.87. The Kier molecular flexibility index (Phi) is 4.94. The molecular formula is C16H25NO3S. The van der Waals surface area contributed by atoms with Gasteiger partial charge in [-0.1, -0.05) is 13.8 Å². The Bertz CT molecular complexity index is 602. The number of aryl methyl sites for hydroxylation is 1. The number of hydrogen-bond acceptors (Lipinski definition) is 3. The van der Waals surface area contributed by atoms with E-state index in [-0.39, 0.29) is 5.92 Å². The highest BCUT2D eigenvalue weighted by Crippen LogP contribution is 2.34. The van der Waals surface area contributed by atoms with Crippen molar-refractivity contribution >= 4 is 10.0 Å². The zero-order chi connectivity index (χ0) is 15.6. The zero-order valence-corrected chi connectivity index (χ0v) is 14.2. The third-order valence-corrected chi connectivity index (χ3v) is 5.86. The van der Waals surface area contributed by atoms with Gasteiger partial charge in [-0.15, -0.1) is 0 Å². The Hall–Kier alpha value is -1.07. The Morgan fingerprint density at radius 3 is 2.38 bits per heavy atom. The van der Waals surface area contributed by atoms with Gasteiger partial charge in [-0.3, -0.25) is 0 Å². The topological polar surface area (TPSA) is 46.6 Å². The minimum absolute atomic E-state index is 0.285. The fraction of sp³-hybridized carbons (Fsp3) is 0.625. The Labute approximate surface area is 128 Å². The number of benzene rings is 1. The Morgan fingerprint density at radius 1 is 1.24 bits per heavy atom. The monoisotopic (exact) mass is 311 g/mol. The van der Waals surface area contributed by atoms with Crippen LogP contribution in [0, 0.1) is 6.92 Å². The molecule has 0 radical (unpaired) electrons. The maximum atomic E-state index is 12.9. The van der Waals surface area contributed by atoms with E-state index in [1.807, 2.05) is 19.9 Å². The Morgan fingerprint density at radius 2 is 1.86 bits per heavy atom. The summed E-state index contributed by atoms with van der Waals surface area (Å²) in [6, 6.07) is 3.67. The van der Waals surface area contributed by atoms with Crippen molar-refractivity contribution < 1.29 is 13.2 Å². The maximum Gasteiger partial charge on any atom is 0.246 e. The maximum absolute atomic E-state index is 12.9. The van der Waals surface area contributed by atoms with Crippen molar-refractivity contribution in [3.8, 4) is 5.75 Å². The number of sulfonamides is 1. The van der Waals surface area contributed by atoms with E-state index in [9.17, 15) is 8.42 Å².